The van der Waals surface area contributed by atoms with E-state index in [1.807, 2.05) is 4.93 Å². The predicted molar refractivity (Wildman–Crippen MR) is 100 cm³/mol. The van der Waals surface area contributed by atoms with Gasteiger partial charge in [-0.2, -0.15) is 0 Å². The minimum absolute atomic E-state index is 0.00885. The zero-order chi connectivity index (χ0) is 16.7. The lowest BCUT2D eigenvalue weighted by Crippen LogP contribution is -2.49. The van der Waals surface area contributed by atoms with E-state index < -0.39 is 5.97 Å². The number of aromatic hydroxyl groups is 1. The number of phenolic OH excluding ortho intramolecular Hbond substituents is 1. The van der Waals surface area contributed by atoms with Crippen molar-refractivity contribution < 1.29 is 14.6 Å². The van der Waals surface area contributed by atoms with Crippen LogP contribution in [-0.4, -0.2) is 46.6 Å². The van der Waals surface area contributed by atoms with Crippen LogP contribution in [0.3, 0.4) is 0 Å². The number of hydrogen-bond acceptors (Lipinski definition) is 4. The van der Waals surface area contributed by atoms with Crippen molar-refractivity contribution in [2.75, 3.05) is 24.6 Å². The number of para-hydroxylation sites is 1. The number of halogens is 1. The molecule has 5 heteroatoms. The summed E-state index contributed by atoms with van der Waals surface area (Å²) in [5.41, 5.74) is 0.258. The maximum atomic E-state index is 12.1. The van der Waals surface area contributed by atoms with E-state index in [0.717, 1.165) is 6.42 Å². The maximum absolute atomic E-state index is 12.1. The van der Waals surface area contributed by atoms with Crippen LogP contribution in [0.4, 0.5) is 0 Å². The molecular formula is C18H26INO3. The molecule has 2 fully saturated rings. The molecule has 2 saturated heterocycles. The summed E-state index contributed by atoms with van der Waals surface area (Å²) >= 11 is 2.15. The van der Waals surface area contributed by atoms with Crippen molar-refractivity contribution in [2.24, 2.45) is 5.92 Å². The Morgan fingerprint density at radius 1 is 1.22 bits per heavy atom. The molecule has 2 aliphatic rings. The monoisotopic (exact) mass is 431 g/mol. The number of rotatable bonds is 3. The van der Waals surface area contributed by atoms with Gasteiger partial charge in [-0.1, -0.05) is 41.1 Å². The van der Waals surface area contributed by atoms with Crippen LogP contribution in [0.25, 0.3) is 0 Å². The summed E-state index contributed by atoms with van der Waals surface area (Å²) in [7, 11) is 0. The highest BCUT2D eigenvalue weighted by Gasteiger charge is 2.33. The van der Waals surface area contributed by atoms with Gasteiger partial charge >= 0.3 is 5.97 Å². The minimum Gasteiger partial charge on any atom is -0.507 e. The first-order valence-corrected chi connectivity index (χ1v) is 10.5. The largest absolute Gasteiger partial charge is 0.507 e. The molecule has 4 nitrogen and oxygen atoms in total. The molecule has 0 amide bonds. The van der Waals surface area contributed by atoms with Crippen molar-refractivity contribution in [1.82, 2.24) is 4.90 Å². The van der Waals surface area contributed by atoms with Crippen LogP contribution in [0.5, 0.6) is 5.75 Å². The lowest BCUT2D eigenvalue weighted by Gasteiger charge is -2.44. The Labute approximate surface area is 152 Å². The molecule has 1 aromatic rings. The van der Waals surface area contributed by atoms with Crippen LogP contribution < -0.4 is 0 Å². The van der Waals surface area contributed by atoms with Crippen LogP contribution >= 0.6 is 22.6 Å². The predicted octanol–water partition coefficient (Wildman–Crippen LogP) is 3.86. The number of nitrogens with zero attached hydrogens (tertiary/aromatic N) is 1. The zero-order valence-corrected chi connectivity index (χ0v) is 15.9. The second-order valence-corrected chi connectivity index (χ2v) is 6.12. The summed E-state index contributed by atoms with van der Waals surface area (Å²) in [6.07, 6.45) is 6.12. The van der Waals surface area contributed by atoms with Gasteiger partial charge in [-0.15, -0.1) is 0 Å². The molecule has 0 bridgehead atoms. The molecule has 1 N–H and O–H groups in total. The van der Waals surface area contributed by atoms with Crippen LogP contribution in [-0.2, 0) is 4.74 Å². The van der Waals surface area contributed by atoms with Crippen molar-refractivity contribution in [3.8, 4) is 5.75 Å². The van der Waals surface area contributed by atoms with Gasteiger partial charge in [0.15, 0.2) is 0 Å². The average molecular weight is 431 g/mol. The Morgan fingerprint density at radius 2 is 1.96 bits per heavy atom. The minimum atomic E-state index is -0.416. The molecule has 2 atom stereocenters. The fourth-order valence-corrected chi connectivity index (χ4v) is 3.68. The molecule has 0 aromatic heterocycles. The van der Waals surface area contributed by atoms with E-state index in [4.69, 9.17) is 4.74 Å². The van der Waals surface area contributed by atoms with Crippen LogP contribution in [0.1, 0.15) is 42.5 Å². The molecule has 2 aliphatic heterocycles. The van der Waals surface area contributed by atoms with Gasteiger partial charge < -0.3 is 9.84 Å². The lowest BCUT2D eigenvalue weighted by atomic mass is 9.84. The number of piperidine rings is 2. The van der Waals surface area contributed by atoms with Gasteiger partial charge in [0.2, 0.25) is 0 Å². The molecule has 0 aliphatic carbocycles. The smallest absolute Gasteiger partial charge is 0.341 e. The van der Waals surface area contributed by atoms with E-state index in [2.05, 4.69) is 27.5 Å². The number of carbonyl (C=O) groups is 1. The highest BCUT2D eigenvalue weighted by molar-refractivity contribution is 14.1. The van der Waals surface area contributed by atoms with Crippen molar-refractivity contribution in [3.05, 3.63) is 29.8 Å². The van der Waals surface area contributed by atoms with Gasteiger partial charge in [0, 0.05) is 12.0 Å². The summed E-state index contributed by atoms with van der Waals surface area (Å²) in [5, 5.41) is 9.70. The van der Waals surface area contributed by atoms with Gasteiger partial charge in [-0.3, -0.25) is 4.90 Å². The normalized spacial score (nSPS) is 24.1. The maximum Gasteiger partial charge on any atom is 0.341 e. The molecule has 0 spiro atoms. The van der Waals surface area contributed by atoms with Gasteiger partial charge in [0.1, 0.15) is 11.3 Å². The number of carbonyl (C=O) groups excluding carboxylic acids is 1. The van der Waals surface area contributed by atoms with Gasteiger partial charge in [-0.05, 0) is 55.8 Å². The Balaban J connectivity index is 0.000000924. The zero-order valence-electron chi connectivity index (χ0n) is 13.7. The lowest BCUT2D eigenvalue weighted by molar-refractivity contribution is 0.00723. The van der Waals surface area contributed by atoms with Gasteiger partial charge in [0.25, 0.3) is 0 Å². The number of phenols is 1. The molecule has 3 rings (SSSR count). The number of benzene rings is 1. The van der Waals surface area contributed by atoms with E-state index in [0.29, 0.717) is 18.6 Å². The Hall–Kier alpha value is -0.820. The van der Waals surface area contributed by atoms with Crippen molar-refractivity contribution in [2.45, 2.75) is 38.1 Å². The summed E-state index contributed by atoms with van der Waals surface area (Å²) < 4.78 is 5.47. The quantitative estimate of drug-likeness (QED) is 0.449. The van der Waals surface area contributed by atoms with Crippen LogP contribution in [0.15, 0.2) is 24.3 Å². The number of esters is 1. The molecule has 2 heterocycles. The second kappa shape index (κ2) is 9.47. The second-order valence-electron chi connectivity index (χ2n) is 6.12. The fraction of sp³-hybridized carbons (Fsp3) is 0.611. The molecular weight excluding hydrogens is 405 g/mol. The number of alkyl halides is 1. The van der Waals surface area contributed by atoms with E-state index >= 15 is 0 Å². The summed E-state index contributed by atoms with van der Waals surface area (Å²) in [4.78, 5) is 16.6. The van der Waals surface area contributed by atoms with Crippen LogP contribution in [0.2, 0.25) is 0 Å². The van der Waals surface area contributed by atoms with Crippen LogP contribution in [0, 0.1) is 5.92 Å². The van der Waals surface area contributed by atoms with E-state index in [9.17, 15) is 9.90 Å². The highest BCUT2D eigenvalue weighted by Crippen LogP contribution is 2.31. The average Bonchev–Trinajstić information content (AvgIpc) is 2.62. The number of fused-ring (bicyclic) bond motifs is 1. The first-order valence-electron chi connectivity index (χ1n) is 8.32. The van der Waals surface area contributed by atoms with Gasteiger partial charge in [-0.25, -0.2) is 4.79 Å². The standard InChI is InChI=1S/C17H23NO3.CH3I/c19-16-9-2-1-7-14(16)17(20)21-12-13-6-5-11-18-10-4-3-8-15(13)18;1-2/h1-2,7,9,13,15,19H,3-6,8,10-12H2;1H3. The molecule has 23 heavy (non-hydrogen) atoms. The Bertz CT molecular complexity index is 507. The van der Waals surface area contributed by atoms with E-state index in [-0.39, 0.29) is 11.3 Å². The third kappa shape index (κ3) is 4.83. The fourth-order valence-electron chi connectivity index (χ4n) is 3.68. The van der Waals surface area contributed by atoms with E-state index in [1.54, 1.807) is 18.2 Å². The molecule has 2 unspecified atom stereocenters. The van der Waals surface area contributed by atoms with Crippen molar-refractivity contribution in [3.63, 3.8) is 0 Å². The van der Waals surface area contributed by atoms with Gasteiger partial charge in [0.05, 0.1) is 6.61 Å². The molecule has 0 radical (unpaired) electrons. The Kier molecular flexibility index (Phi) is 7.62. The highest BCUT2D eigenvalue weighted by atomic mass is 127. The SMILES string of the molecule is CI.O=C(OCC1CCCN2CCCCC12)c1ccccc1O. The summed E-state index contributed by atoms with van der Waals surface area (Å²) in [6.45, 7) is 2.84. The first kappa shape index (κ1) is 18.5. The third-order valence-corrected chi connectivity index (χ3v) is 4.78. The third-order valence-electron chi connectivity index (χ3n) is 4.78. The van der Waals surface area contributed by atoms with Crippen molar-refractivity contribution in [1.29, 1.82) is 0 Å². The Morgan fingerprint density at radius 3 is 2.74 bits per heavy atom. The topological polar surface area (TPSA) is 49.8 Å². The summed E-state index contributed by atoms with van der Waals surface area (Å²) in [6, 6.07) is 7.13. The number of ether oxygens (including phenoxy) is 1. The molecule has 1 aromatic carbocycles. The van der Waals surface area contributed by atoms with Crippen molar-refractivity contribution >= 4 is 28.6 Å². The molecule has 128 valence electrons. The van der Waals surface area contributed by atoms with E-state index in [1.165, 1.54) is 44.8 Å². The summed E-state index contributed by atoms with van der Waals surface area (Å²) in [5.74, 6) is 0.0142. The molecule has 0 saturated carbocycles. The first-order chi connectivity index (χ1) is 11.3. The number of hydrogen-bond donors (Lipinski definition) is 1.